The van der Waals surface area contributed by atoms with Crippen molar-refractivity contribution in [2.45, 2.75) is 40.0 Å². The first-order valence-electron chi connectivity index (χ1n) is 4.63. The van der Waals surface area contributed by atoms with E-state index in [1.165, 1.54) is 0 Å². The molecule has 1 unspecified atom stereocenters. The SMILES string of the molecule is CCC(C)c1c[n+]([O-])c(C)c(C)n1. The van der Waals surface area contributed by atoms with Gasteiger partial charge in [0.05, 0.1) is 0 Å². The molecule has 1 rings (SSSR count). The minimum atomic E-state index is 0.361. The lowest BCUT2D eigenvalue weighted by atomic mass is 10.1. The summed E-state index contributed by atoms with van der Waals surface area (Å²) in [4.78, 5) is 4.38. The van der Waals surface area contributed by atoms with Gasteiger partial charge >= 0.3 is 0 Å². The Hall–Kier alpha value is -1.12. The second-order valence-corrected chi connectivity index (χ2v) is 3.47. The molecule has 0 aliphatic heterocycles. The highest BCUT2D eigenvalue weighted by Gasteiger charge is 2.12. The van der Waals surface area contributed by atoms with E-state index in [1.807, 2.05) is 6.92 Å². The second kappa shape index (κ2) is 3.73. The standard InChI is InChI=1S/C10H16N2O/c1-5-7(2)10-6-12(13)9(4)8(3)11-10/h6-7H,5H2,1-4H3. The van der Waals surface area contributed by atoms with Crippen LogP contribution in [-0.2, 0) is 0 Å². The van der Waals surface area contributed by atoms with Crippen molar-refractivity contribution in [3.63, 3.8) is 0 Å². The van der Waals surface area contributed by atoms with Gasteiger partial charge in [-0.1, -0.05) is 13.8 Å². The van der Waals surface area contributed by atoms with Crippen LogP contribution in [0.25, 0.3) is 0 Å². The minimum Gasteiger partial charge on any atom is -0.618 e. The summed E-state index contributed by atoms with van der Waals surface area (Å²) in [6, 6.07) is 0. The van der Waals surface area contributed by atoms with Gasteiger partial charge in [0.15, 0.2) is 0 Å². The summed E-state index contributed by atoms with van der Waals surface area (Å²) in [6.45, 7) is 7.83. The largest absolute Gasteiger partial charge is 0.618 e. The molecule has 0 fully saturated rings. The molecule has 0 N–H and O–H groups in total. The van der Waals surface area contributed by atoms with Crippen LogP contribution in [0.4, 0.5) is 0 Å². The fraction of sp³-hybridized carbons (Fsp3) is 0.600. The number of hydrogen-bond acceptors (Lipinski definition) is 2. The molecule has 0 spiro atoms. The average molecular weight is 180 g/mol. The van der Waals surface area contributed by atoms with Crippen molar-refractivity contribution in [1.29, 1.82) is 0 Å². The average Bonchev–Trinajstić information content (AvgIpc) is 2.12. The number of rotatable bonds is 2. The lowest BCUT2D eigenvalue weighted by molar-refractivity contribution is -0.613. The van der Waals surface area contributed by atoms with Crippen LogP contribution in [0.5, 0.6) is 0 Å². The van der Waals surface area contributed by atoms with Crippen molar-refractivity contribution in [3.8, 4) is 0 Å². The number of nitrogens with zero attached hydrogens (tertiary/aromatic N) is 2. The fourth-order valence-corrected chi connectivity index (χ4v) is 1.13. The molecule has 0 saturated carbocycles. The van der Waals surface area contributed by atoms with Crippen LogP contribution in [-0.4, -0.2) is 4.98 Å². The number of hydrogen-bond donors (Lipinski definition) is 0. The van der Waals surface area contributed by atoms with E-state index in [-0.39, 0.29) is 0 Å². The van der Waals surface area contributed by atoms with E-state index in [9.17, 15) is 5.21 Å². The van der Waals surface area contributed by atoms with Gasteiger partial charge in [0, 0.05) is 12.8 Å². The summed E-state index contributed by atoms with van der Waals surface area (Å²) in [5, 5.41) is 11.4. The Kier molecular flexibility index (Phi) is 2.86. The topological polar surface area (TPSA) is 39.8 Å². The van der Waals surface area contributed by atoms with Gasteiger partial charge in [0.1, 0.15) is 11.4 Å². The van der Waals surface area contributed by atoms with E-state index < -0.39 is 0 Å². The van der Waals surface area contributed by atoms with Crippen molar-refractivity contribution in [2.75, 3.05) is 0 Å². The monoisotopic (exact) mass is 180 g/mol. The zero-order valence-corrected chi connectivity index (χ0v) is 8.66. The molecule has 0 aliphatic carbocycles. The second-order valence-electron chi connectivity index (χ2n) is 3.47. The Morgan fingerprint density at radius 2 is 2.15 bits per heavy atom. The Bertz CT molecular complexity index is 287. The van der Waals surface area contributed by atoms with Crippen molar-refractivity contribution >= 4 is 0 Å². The predicted octanol–water partition coefficient (Wildman–Crippen LogP) is 1.85. The van der Waals surface area contributed by atoms with Crippen molar-refractivity contribution in [3.05, 3.63) is 28.5 Å². The highest BCUT2D eigenvalue weighted by Crippen LogP contribution is 2.15. The van der Waals surface area contributed by atoms with Crippen LogP contribution < -0.4 is 4.73 Å². The fourth-order valence-electron chi connectivity index (χ4n) is 1.13. The molecule has 1 atom stereocenters. The van der Waals surface area contributed by atoms with Crippen molar-refractivity contribution < 1.29 is 4.73 Å². The van der Waals surface area contributed by atoms with Gasteiger partial charge in [-0.25, -0.2) is 4.98 Å². The van der Waals surface area contributed by atoms with Crippen LogP contribution in [0, 0.1) is 19.1 Å². The quantitative estimate of drug-likeness (QED) is 0.514. The zero-order valence-electron chi connectivity index (χ0n) is 8.66. The predicted molar refractivity (Wildman–Crippen MR) is 51.4 cm³/mol. The number of aromatic nitrogens is 2. The van der Waals surface area contributed by atoms with Crippen LogP contribution in [0.2, 0.25) is 0 Å². The molecule has 0 amide bonds. The Labute approximate surface area is 79.0 Å². The molecular formula is C10H16N2O. The van der Waals surface area contributed by atoms with E-state index in [1.54, 1.807) is 13.1 Å². The third-order valence-electron chi connectivity index (χ3n) is 2.52. The Balaban J connectivity index is 3.13. The summed E-state index contributed by atoms with van der Waals surface area (Å²) >= 11 is 0. The molecule has 13 heavy (non-hydrogen) atoms. The smallest absolute Gasteiger partial charge is 0.210 e. The molecule has 0 aromatic carbocycles. The molecule has 1 aromatic heterocycles. The highest BCUT2D eigenvalue weighted by molar-refractivity contribution is 5.08. The highest BCUT2D eigenvalue weighted by atomic mass is 16.5. The first kappa shape index (κ1) is 9.96. The Morgan fingerprint density at radius 1 is 1.54 bits per heavy atom. The van der Waals surface area contributed by atoms with Gasteiger partial charge < -0.3 is 5.21 Å². The van der Waals surface area contributed by atoms with Gasteiger partial charge in [-0.15, -0.1) is 0 Å². The van der Waals surface area contributed by atoms with Gasteiger partial charge in [0.2, 0.25) is 11.9 Å². The van der Waals surface area contributed by atoms with Crippen LogP contribution in [0.1, 0.15) is 43.3 Å². The molecule has 72 valence electrons. The van der Waals surface area contributed by atoms with Crippen molar-refractivity contribution in [2.24, 2.45) is 0 Å². The molecule has 0 saturated heterocycles. The maximum absolute atomic E-state index is 11.4. The van der Waals surface area contributed by atoms with E-state index >= 15 is 0 Å². The molecule has 0 bridgehead atoms. The summed E-state index contributed by atoms with van der Waals surface area (Å²) in [5.41, 5.74) is 2.40. The summed E-state index contributed by atoms with van der Waals surface area (Å²) in [7, 11) is 0. The molecule has 1 heterocycles. The normalized spacial score (nSPS) is 12.9. The van der Waals surface area contributed by atoms with Gasteiger partial charge in [-0.3, -0.25) is 0 Å². The van der Waals surface area contributed by atoms with E-state index in [0.29, 0.717) is 11.6 Å². The third-order valence-corrected chi connectivity index (χ3v) is 2.52. The van der Waals surface area contributed by atoms with Crippen LogP contribution >= 0.6 is 0 Å². The zero-order chi connectivity index (χ0) is 10.0. The van der Waals surface area contributed by atoms with Crippen LogP contribution in [0.3, 0.4) is 0 Å². The molecule has 0 aliphatic rings. The lowest BCUT2D eigenvalue weighted by Crippen LogP contribution is -2.32. The minimum absolute atomic E-state index is 0.361. The molecule has 3 heteroatoms. The first-order chi connectivity index (χ1) is 6.06. The maximum atomic E-state index is 11.4. The maximum Gasteiger partial charge on any atom is 0.210 e. The van der Waals surface area contributed by atoms with Gasteiger partial charge in [0.25, 0.3) is 0 Å². The van der Waals surface area contributed by atoms with Crippen molar-refractivity contribution in [1.82, 2.24) is 4.98 Å². The first-order valence-corrected chi connectivity index (χ1v) is 4.63. The lowest BCUT2D eigenvalue weighted by Gasteiger charge is -2.09. The summed E-state index contributed by atoms with van der Waals surface area (Å²) in [6.07, 6.45) is 2.59. The summed E-state index contributed by atoms with van der Waals surface area (Å²) in [5.74, 6) is 0.361. The number of aryl methyl sites for hydroxylation is 1. The molecule has 3 nitrogen and oxygen atoms in total. The molecule has 1 aromatic rings. The van der Waals surface area contributed by atoms with E-state index in [2.05, 4.69) is 18.8 Å². The molecule has 0 radical (unpaired) electrons. The third kappa shape index (κ3) is 1.97. The van der Waals surface area contributed by atoms with Crippen LogP contribution in [0.15, 0.2) is 6.20 Å². The van der Waals surface area contributed by atoms with E-state index in [4.69, 9.17) is 0 Å². The molecular weight excluding hydrogens is 164 g/mol. The van der Waals surface area contributed by atoms with Gasteiger partial charge in [-0.05, 0) is 13.3 Å². The Morgan fingerprint density at radius 3 is 2.62 bits per heavy atom. The summed E-state index contributed by atoms with van der Waals surface area (Å²) < 4.78 is 0.907. The van der Waals surface area contributed by atoms with Gasteiger partial charge in [-0.2, -0.15) is 4.73 Å². The van der Waals surface area contributed by atoms with E-state index in [0.717, 1.165) is 22.5 Å².